The fraction of sp³-hybridized carbons (Fsp3) is 0.105. The molecule has 0 fully saturated rings. The van der Waals surface area contributed by atoms with Crippen molar-refractivity contribution >= 4 is 45.3 Å². The summed E-state index contributed by atoms with van der Waals surface area (Å²) in [5, 5.41) is 2.25. The number of rotatable bonds is 3. The van der Waals surface area contributed by atoms with Crippen LogP contribution < -0.4 is 4.74 Å². The van der Waals surface area contributed by atoms with Gasteiger partial charge >= 0.3 is 0 Å². The molecule has 2 nitrogen and oxygen atoms in total. The van der Waals surface area contributed by atoms with Crippen LogP contribution in [-0.4, -0.2) is 13.3 Å². The number of halogens is 1. The Labute approximate surface area is 144 Å². The molecule has 0 unspecified atom stereocenters. The fourth-order valence-electron chi connectivity index (χ4n) is 2.39. The van der Waals surface area contributed by atoms with Gasteiger partial charge in [0.05, 0.1) is 12.8 Å². The van der Waals surface area contributed by atoms with Crippen LogP contribution in [0.3, 0.4) is 0 Å². The number of ether oxygens (including phenoxy) is 1. The van der Waals surface area contributed by atoms with Gasteiger partial charge < -0.3 is 4.74 Å². The second kappa shape index (κ2) is 6.48. The molecule has 0 amide bonds. The Hall–Kier alpha value is -1.88. The van der Waals surface area contributed by atoms with Crippen molar-refractivity contribution in [2.45, 2.75) is 6.92 Å². The van der Waals surface area contributed by atoms with Crippen molar-refractivity contribution in [1.82, 2.24) is 0 Å². The average molecular weight is 401 g/mol. The van der Waals surface area contributed by atoms with E-state index >= 15 is 0 Å². The minimum atomic E-state index is 0.887. The summed E-state index contributed by atoms with van der Waals surface area (Å²) in [6.07, 6.45) is 1.92. The Morgan fingerprint density at radius 1 is 1.00 bits per heavy atom. The van der Waals surface area contributed by atoms with Crippen LogP contribution in [-0.2, 0) is 0 Å². The molecule has 3 aromatic rings. The molecule has 0 atom stereocenters. The van der Waals surface area contributed by atoms with Crippen molar-refractivity contribution in [3.8, 4) is 5.75 Å². The molecule has 0 aliphatic rings. The summed E-state index contributed by atoms with van der Waals surface area (Å²) >= 11 is 2.34. The van der Waals surface area contributed by atoms with Crippen molar-refractivity contribution in [1.29, 1.82) is 0 Å². The van der Waals surface area contributed by atoms with E-state index in [9.17, 15) is 0 Å². The zero-order valence-electron chi connectivity index (χ0n) is 12.5. The second-order valence-electron chi connectivity index (χ2n) is 5.09. The van der Waals surface area contributed by atoms with E-state index in [2.05, 4.69) is 58.8 Å². The standard InChI is InChI=1S/C19H16INO/c1-13-7-9-15(11-18(13)20)21-12-14-8-10-19(22-2)17-6-4-3-5-16(14)17/h3-12H,1-2H3. The first-order chi connectivity index (χ1) is 10.7. The molecule has 0 heterocycles. The lowest BCUT2D eigenvalue weighted by Crippen LogP contribution is -1.89. The smallest absolute Gasteiger partial charge is 0.126 e. The zero-order valence-corrected chi connectivity index (χ0v) is 14.7. The highest BCUT2D eigenvalue weighted by atomic mass is 127. The van der Waals surface area contributed by atoms with Crippen molar-refractivity contribution in [2.24, 2.45) is 4.99 Å². The van der Waals surface area contributed by atoms with Crippen molar-refractivity contribution in [2.75, 3.05) is 7.11 Å². The topological polar surface area (TPSA) is 21.6 Å². The second-order valence-corrected chi connectivity index (χ2v) is 6.26. The van der Waals surface area contributed by atoms with Gasteiger partial charge in [0.25, 0.3) is 0 Å². The third kappa shape index (κ3) is 2.99. The van der Waals surface area contributed by atoms with Gasteiger partial charge in [0, 0.05) is 20.7 Å². The van der Waals surface area contributed by atoms with Gasteiger partial charge in [-0.2, -0.15) is 0 Å². The monoisotopic (exact) mass is 401 g/mol. The summed E-state index contributed by atoms with van der Waals surface area (Å²) in [6, 6.07) is 18.5. The lowest BCUT2D eigenvalue weighted by Gasteiger charge is -2.07. The van der Waals surface area contributed by atoms with Crippen LogP contribution >= 0.6 is 22.6 Å². The Morgan fingerprint density at radius 2 is 1.77 bits per heavy atom. The van der Waals surface area contributed by atoms with Gasteiger partial charge in [-0.15, -0.1) is 0 Å². The molecule has 0 radical (unpaired) electrons. The third-order valence-corrected chi connectivity index (χ3v) is 4.81. The van der Waals surface area contributed by atoms with Crippen molar-refractivity contribution < 1.29 is 4.74 Å². The average Bonchev–Trinajstić information content (AvgIpc) is 2.55. The van der Waals surface area contributed by atoms with E-state index in [1.807, 2.05) is 36.5 Å². The maximum atomic E-state index is 5.43. The van der Waals surface area contributed by atoms with Gasteiger partial charge in [0.2, 0.25) is 0 Å². The zero-order chi connectivity index (χ0) is 15.5. The van der Waals surface area contributed by atoms with Gasteiger partial charge in [0.1, 0.15) is 5.75 Å². The fourth-order valence-corrected chi connectivity index (χ4v) is 2.89. The largest absolute Gasteiger partial charge is 0.496 e. The third-order valence-electron chi connectivity index (χ3n) is 3.65. The summed E-state index contributed by atoms with van der Waals surface area (Å²) < 4.78 is 6.66. The number of aliphatic imine (C=N–C) groups is 1. The van der Waals surface area contributed by atoms with Crippen LogP contribution in [0.2, 0.25) is 0 Å². The number of fused-ring (bicyclic) bond motifs is 1. The van der Waals surface area contributed by atoms with Gasteiger partial charge in [0.15, 0.2) is 0 Å². The maximum absolute atomic E-state index is 5.43. The lowest BCUT2D eigenvalue weighted by atomic mass is 10.0. The molecule has 0 saturated carbocycles. The predicted molar refractivity (Wildman–Crippen MR) is 102 cm³/mol. The lowest BCUT2D eigenvalue weighted by molar-refractivity contribution is 0.420. The van der Waals surface area contributed by atoms with E-state index in [-0.39, 0.29) is 0 Å². The highest BCUT2D eigenvalue weighted by molar-refractivity contribution is 14.1. The summed E-state index contributed by atoms with van der Waals surface area (Å²) in [5.41, 5.74) is 3.33. The normalized spacial score (nSPS) is 11.2. The summed E-state index contributed by atoms with van der Waals surface area (Å²) in [4.78, 5) is 4.61. The number of nitrogens with zero attached hydrogens (tertiary/aromatic N) is 1. The predicted octanol–water partition coefficient (Wildman–Crippen LogP) is 5.51. The Morgan fingerprint density at radius 3 is 2.50 bits per heavy atom. The van der Waals surface area contributed by atoms with E-state index in [1.54, 1.807) is 7.11 Å². The van der Waals surface area contributed by atoms with Crippen LogP contribution in [0.1, 0.15) is 11.1 Å². The molecule has 0 N–H and O–H groups in total. The van der Waals surface area contributed by atoms with Gasteiger partial charge in [-0.1, -0.05) is 30.3 Å². The molecule has 3 heteroatoms. The van der Waals surface area contributed by atoms with E-state index < -0.39 is 0 Å². The molecular weight excluding hydrogens is 385 g/mol. The molecule has 0 aliphatic carbocycles. The molecule has 3 rings (SSSR count). The van der Waals surface area contributed by atoms with Crippen LogP contribution in [0.25, 0.3) is 10.8 Å². The first-order valence-electron chi connectivity index (χ1n) is 7.05. The van der Waals surface area contributed by atoms with Crippen LogP contribution in [0, 0.1) is 10.5 Å². The van der Waals surface area contributed by atoms with Gasteiger partial charge in [-0.25, -0.2) is 0 Å². The Kier molecular flexibility index (Phi) is 4.43. The molecule has 0 saturated heterocycles. The SMILES string of the molecule is COc1ccc(C=Nc2ccc(C)c(I)c2)c2ccccc12. The molecule has 3 aromatic carbocycles. The van der Waals surface area contributed by atoms with E-state index in [0.717, 1.165) is 27.8 Å². The van der Waals surface area contributed by atoms with Crippen LogP contribution in [0.4, 0.5) is 5.69 Å². The van der Waals surface area contributed by atoms with Gasteiger partial charge in [-0.05, 0) is 64.7 Å². The molecule has 0 aromatic heterocycles. The van der Waals surface area contributed by atoms with E-state index in [0.29, 0.717) is 0 Å². The van der Waals surface area contributed by atoms with Crippen LogP contribution in [0.5, 0.6) is 5.75 Å². The molecule has 0 spiro atoms. The molecule has 0 bridgehead atoms. The number of hydrogen-bond donors (Lipinski definition) is 0. The summed E-state index contributed by atoms with van der Waals surface area (Å²) in [6.45, 7) is 2.10. The number of methoxy groups -OCH3 is 1. The number of aryl methyl sites for hydroxylation is 1. The highest BCUT2D eigenvalue weighted by Gasteiger charge is 2.04. The summed E-state index contributed by atoms with van der Waals surface area (Å²) in [7, 11) is 1.70. The minimum Gasteiger partial charge on any atom is -0.496 e. The quantitative estimate of drug-likeness (QED) is 0.419. The molecular formula is C19H16INO. The summed E-state index contributed by atoms with van der Waals surface area (Å²) in [5.74, 6) is 0.887. The highest BCUT2D eigenvalue weighted by Crippen LogP contribution is 2.28. The van der Waals surface area contributed by atoms with Crippen molar-refractivity contribution in [3.63, 3.8) is 0 Å². The minimum absolute atomic E-state index is 0.887. The van der Waals surface area contributed by atoms with E-state index in [4.69, 9.17) is 4.74 Å². The van der Waals surface area contributed by atoms with E-state index in [1.165, 1.54) is 9.13 Å². The van der Waals surface area contributed by atoms with Crippen molar-refractivity contribution in [3.05, 3.63) is 69.3 Å². The first kappa shape index (κ1) is 15.0. The molecule has 22 heavy (non-hydrogen) atoms. The van der Waals surface area contributed by atoms with Crippen LogP contribution in [0.15, 0.2) is 59.6 Å². The Bertz CT molecular complexity index is 855. The van der Waals surface area contributed by atoms with Gasteiger partial charge in [-0.3, -0.25) is 4.99 Å². The molecule has 0 aliphatic heterocycles. The maximum Gasteiger partial charge on any atom is 0.126 e. The number of benzene rings is 3. The Balaban J connectivity index is 2.03. The molecule has 110 valence electrons. The first-order valence-corrected chi connectivity index (χ1v) is 8.13. The number of hydrogen-bond acceptors (Lipinski definition) is 2.